The fraction of sp³-hybridized carbons (Fsp3) is 0.240. The van der Waals surface area contributed by atoms with Crippen LogP contribution in [0, 0.1) is 12.7 Å². The molecule has 174 valence electrons. The minimum absolute atomic E-state index is 0.0127. The summed E-state index contributed by atoms with van der Waals surface area (Å²) in [5.41, 5.74) is 1.74. The van der Waals surface area contributed by atoms with E-state index in [2.05, 4.69) is 20.6 Å². The summed E-state index contributed by atoms with van der Waals surface area (Å²) in [5.74, 6) is -1.66. The van der Waals surface area contributed by atoms with Crippen molar-refractivity contribution in [2.24, 2.45) is 0 Å². The first-order chi connectivity index (χ1) is 16.4. The number of aromatic nitrogens is 2. The summed E-state index contributed by atoms with van der Waals surface area (Å²) in [7, 11) is 0. The topological polar surface area (TPSA) is 104 Å². The maximum Gasteiger partial charge on any atom is 0.273 e. The van der Waals surface area contributed by atoms with E-state index in [0.29, 0.717) is 31.5 Å². The molecule has 0 bridgehead atoms. The Labute approximate surface area is 196 Å². The number of halogens is 1. The standard InChI is InChI=1S/C25H24FN5O3/c1-16-4-2-6-18(14-16)25(34)31-12-8-20(9-13-31)29-24(33)21-22(28-11-10-27-21)30-23(32)17-5-3-7-19(26)15-17/h2-7,10-11,14-15,20H,8-9,12-13H2,1H3,(H,29,33)(H,28,30,32). The van der Waals surface area contributed by atoms with Crippen LogP contribution in [0.1, 0.15) is 49.6 Å². The molecule has 2 heterocycles. The van der Waals surface area contributed by atoms with Crippen molar-refractivity contribution in [3.63, 3.8) is 0 Å². The third-order valence-corrected chi connectivity index (χ3v) is 5.61. The highest BCUT2D eigenvalue weighted by atomic mass is 19.1. The van der Waals surface area contributed by atoms with E-state index >= 15 is 0 Å². The lowest BCUT2D eigenvalue weighted by Crippen LogP contribution is -2.46. The van der Waals surface area contributed by atoms with E-state index < -0.39 is 17.6 Å². The summed E-state index contributed by atoms with van der Waals surface area (Å²) < 4.78 is 13.4. The van der Waals surface area contributed by atoms with Crippen LogP contribution in [0.15, 0.2) is 60.9 Å². The maximum atomic E-state index is 13.4. The number of rotatable bonds is 5. The molecule has 3 aromatic rings. The van der Waals surface area contributed by atoms with E-state index in [1.165, 1.54) is 30.6 Å². The minimum Gasteiger partial charge on any atom is -0.348 e. The molecule has 8 nitrogen and oxygen atoms in total. The van der Waals surface area contributed by atoms with Crippen LogP contribution in [-0.2, 0) is 0 Å². The van der Waals surface area contributed by atoms with Gasteiger partial charge in [-0.3, -0.25) is 14.4 Å². The van der Waals surface area contributed by atoms with Gasteiger partial charge in [-0.15, -0.1) is 0 Å². The van der Waals surface area contributed by atoms with Crippen LogP contribution in [0.2, 0.25) is 0 Å². The predicted molar refractivity (Wildman–Crippen MR) is 124 cm³/mol. The van der Waals surface area contributed by atoms with Crippen molar-refractivity contribution in [3.05, 3.63) is 89.1 Å². The molecule has 9 heteroatoms. The van der Waals surface area contributed by atoms with Gasteiger partial charge in [0.1, 0.15) is 5.82 Å². The molecule has 2 N–H and O–H groups in total. The summed E-state index contributed by atoms with van der Waals surface area (Å²) >= 11 is 0. The Morgan fingerprint density at radius 3 is 2.38 bits per heavy atom. The lowest BCUT2D eigenvalue weighted by Gasteiger charge is -2.32. The summed E-state index contributed by atoms with van der Waals surface area (Å²) in [6, 6.07) is 12.5. The zero-order chi connectivity index (χ0) is 24.1. The van der Waals surface area contributed by atoms with Crippen molar-refractivity contribution in [2.45, 2.75) is 25.8 Å². The molecule has 0 spiro atoms. The van der Waals surface area contributed by atoms with Crippen LogP contribution in [-0.4, -0.2) is 51.7 Å². The van der Waals surface area contributed by atoms with E-state index in [1.54, 1.807) is 11.0 Å². The fourth-order valence-electron chi connectivity index (χ4n) is 3.85. The number of benzene rings is 2. The third kappa shape index (κ3) is 5.43. The monoisotopic (exact) mass is 461 g/mol. The van der Waals surface area contributed by atoms with Crippen LogP contribution in [0.3, 0.4) is 0 Å². The van der Waals surface area contributed by atoms with Crippen molar-refractivity contribution in [1.82, 2.24) is 20.2 Å². The van der Waals surface area contributed by atoms with Crippen molar-refractivity contribution in [1.29, 1.82) is 0 Å². The zero-order valence-corrected chi connectivity index (χ0v) is 18.6. The Morgan fingerprint density at radius 2 is 1.65 bits per heavy atom. The van der Waals surface area contributed by atoms with Crippen LogP contribution in [0.4, 0.5) is 10.2 Å². The molecule has 4 rings (SSSR count). The van der Waals surface area contributed by atoms with Gasteiger partial charge in [-0.1, -0.05) is 23.8 Å². The third-order valence-electron chi connectivity index (χ3n) is 5.61. The number of nitrogens with one attached hydrogen (secondary N) is 2. The molecule has 2 aromatic carbocycles. The van der Waals surface area contributed by atoms with Gasteiger partial charge in [0.2, 0.25) is 0 Å². The molecule has 0 unspecified atom stereocenters. The van der Waals surface area contributed by atoms with Gasteiger partial charge < -0.3 is 15.5 Å². The van der Waals surface area contributed by atoms with Crippen molar-refractivity contribution in [3.8, 4) is 0 Å². The highest BCUT2D eigenvalue weighted by Crippen LogP contribution is 2.17. The molecule has 0 atom stereocenters. The quantitative estimate of drug-likeness (QED) is 0.607. The molecule has 0 radical (unpaired) electrons. The Hall–Kier alpha value is -4.14. The average Bonchev–Trinajstić information content (AvgIpc) is 2.84. The van der Waals surface area contributed by atoms with E-state index in [0.717, 1.165) is 11.6 Å². The second-order valence-electron chi connectivity index (χ2n) is 8.13. The number of carbonyl (C=O) groups is 3. The predicted octanol–water partition coefficient (Wildman–Crippen LogP) is 3.21. The van der Waals surface area contributed by atoms with Crippen molar-refractivity contribution in [2.75, 3.05) is 18.4 Å². The Morgan fingerprint density at radius 1 is 0.941 bits per heavy atom. The number of nitrogens with zero attached hydrogens (tertiary/aromatic N) is 3. The largest absolute Gasteiger partial charge is 0.348 e. The first-order valence-electron chi connectivity index (χ1n) is 11.0. The Kier molecular flexibility index (Phi) is 6.91. The summed E-state index contributed by atoms with van der Waals surface area (Å²) in [4.78, 5) is 48.0. The molecule has 34 heavy (non-hydrogen) atoms. The number of anilines is 1. The fourth-order valence-corrected chi connectivity index (χ4v) is 3.85. The second kappa shape index (κ2) is 10.2. The maximum absolute atomic E-state index is 13.4. The number of hydrogen-bond acceptors (Lipinski definition) is 5. The van der Waals surface area contributed by atoms with Crippen LogP contribution >= 0.6 is 0 Å². The molecular formula is C25H24FN5O3. The first kappa shape index (κ1) is 23.0. The molecule has 0 aliphatic carbocycles. The van der Waals surface area contributed by atoms with E-state index in [4.69, 9.17) is 0 Å². The molecule has 1 aliphatic heterocycles. The number of piperidine rings is 1. The highest BCUT2D eigenvalue weighted by Gasteiger charge is 2.26. The number of hydrogen-bond donors (Lipinski definition) is 2. The van der Waals surface area contributed by atoms with E-state index in [1.807, 2.05) is 25.1 Å². The molecule has 1 aliphatic rings. The summed E-state index contributed by atoms with van der Waals surface area (Å²) in [6.07, 6.45) is 3.90. The number of amides is 3. The molecule has 3 amide bonds. The van der Waals surface area contributed by atoms with Gasteiger partial charge in [0, 0.05) is 42.7 Å². The van der Waals surface area contributed by atoms with Crippen LogP contribution < -0.4 is 10.6 Å². The lowest BCUT2D eigenvalue weighted by molar-refractivity contribution is 0.0697. The van der Waals surface area contributed by atoms with Gasteiger partial charge in [-0.2, -0.15) is 0 Å². The zero-order valence-electron chi connectivity index (χ0n) is 18.6. The normalized spacial score (nSPS) is 13.9. The molecule has 1 aromatic heterocycles. The SMILES string of the molecule is Cc1cccc(C(=O)N2CCC(NC(=O)c3nccnc3NC(=O)c3cccc(F)c3)CC2)c1. The van der Waals surface area contributed by atoms with Gasteiger partial charge in [0.05, 0.1) is 0 Å². The van der Waals surface area contributed by atoms with Crippen LogP contribution in [0.5, 0.6) is 0 Å². The molecular weight excluding hydrogens is 437 g/mol. The number of likely N-dealkylation sites (tertiary alicyclic amines) is 1. The second-order valence-corrected chi connectivity index (χ2v) is 8.13. The first-order valence-corrected chi connectivity index (χ1v) is 11.0. The van der Waals surface area contributed by atoms with Gasteiger partial charge in [-0.05, 0) is 50.1 Å². The molecule has 0 saturated carbocycles. The number of aryl methyl sites for hydroxylation is 1. The number of carbonyl (C=O) groups excluding carboxylic acids is 3. The minimum atomic E-state index is -0.600. The van der Waals surface area contributed by atoms with E-state index in [9.17, 15) is 18.8 Å². The summed E-state index contributed by atoms with van der Waals surface area (Å²) in [5, 5.41) is 5.44. The van der Waals surface area contributed by atoms with Gasteiger partial charge in [0.15, 0.2) is 11.5 Å². The van der Waals surface area contributed by atoms with Gasteiger partial charge in [-0.25, -0.2) is 14.4 Å². The molecule has 1 fully saturated rings. The van der Waals surface area contributed by atoms with Gasteiger partial charge >= 0.3 is 0 Å². The van der Waals surface area contributed by atoms with Crippen LogP contribution in [0.25, 0.3) is 0 Å². The van der Waals surface area contributed by atoms with Gasteiger partial charge in [0.25, 0.3) is 17.7 Å². The smallest absolute Gasteiger partial charge is 0.273 e. The summed E-state index contributed by atoms with van der Waals surface area (Å²) in [6.45, 7) is 2.97. The lowest BCUT2D eigenvalue weighted by atomic mass is 10.0. The molecule has 1 saturated heterocycles. The van der Waals surface area contributed by atoms with E-state index in [-0.39, 0.29) is 29.0 Å². The Bertz CT molecular complexity index is 1220. The average molecular weight is 461 g/mol. The van der Waals surface area contributed by atoms with Crippen molar-refractivity contribution >= 4 is 23.5 Å². The highest BCUT2D eigenvalue weighted by molar-refractivity contribution is 6.07. The van der Waals surface area contributed by atoms with Crippen molar-refractivity contribution < 1.29 is 18.8 Å². The Balaban J connectivity index is 1.37.